The molecule has 142 valence electrons. The number of anilines is 1. The molecule has 0 spiro atoms. The highest BCUT2D eigenvalue weighted by Gasteiger charge is 2.08. The van der Waals surface area contributed by atoms with E-state index in [2.05, 4.69) is 10.3 Å². The molecular formula is C20H23N3O4. The molecule has 2 N–H and O–H groups in total. The number of aromatic nitrogens is 1. The highest BCUT2D eigenvalue weighted by molar-refractivity contribution is 6.02. The number of nitrogens with zero attached hydrogens (tertiary/aromatic N) is 2. The summed E-state index contributed by atoms with van der Waals surface area (Å²) in [5, 5.41) is 11.6. The Balaban J connectivity index is 1.92. The Hall–Kier alpha value is -3.19. The van der Waals surface area contributed by atoms with E-state index in [0.717, 1.165) is 17.9 Å². The normalized spacial score (nSPS) is 10.9. The van der Waals surface area contributed by atoms with Crippen LogP contribution in [0.15, 0.2) is 48.8 Å². The molecule has 27 heavy (non-hydrogen) atoms. The molecule has 0 bridgehead atoms. The molecule has 1 amide bonds. The van der Waals surface area contributed by atoms with Gasteiger partial charge in [-0.15, -0.1) is 0 Å². The first-order chi connectivity index (χ1) is 12.9. The highest BCUT2D eigenvalue weighted by Crippen LogP contribution is 2.15. The van der Waals surface area contributed by atoms with Crippen LogP contribution in [0.5, 0.6) is 5.75 Å². The molecule has 0 saturated carbocycles. The van der Waals surface area contributed by atoms with E-state index in [4.69, 9.17) is 9.84 Å². The van der Waals surface area contributed by atoms with Gasteiger partial charge in [0.15, 0.2) is 0 Å². The van der Waals surface area contributed by atoms with Crippen LogP contribution in [-0.4, -0.2) is 54.1 Å². The number of carbonyl (C=O) groups is 2. The number of amides is 1. The van der Waals surface area contributed by atoms with Crippen molar-refractivity contribution in [3.63, 3.8) is 0 Å². The molecule has 0 aliphatic heterocycles. The van der Waals surface area contributed by atoms with Crippen LogP contribution in [0.3, 0.4) is 0 Å². The monoisotopic (exact) mass is 369 g/mol. The standard InChI is InChI=1S/C20H23N3O4/c1-23(2)11-12-27-17-6-3-15(4-7-17)5-8-19(24)22-18-14-21-10-9-16(18)13-20(25)26/h3-10,14H,11-13H2,1-2H3,(H,22,24)(H,25,26)/b8-5+. The number of nitrogens with one attached hydrogen (secondary N) is 1. The smallest absolute Gasteiger partial charge is 0.307 e. The van der Waals surface area contributed by atoms with Crippen LogP contribution in [0.25, 0.3) is 6.08 Å². The zero-order valence-electron chi connectivity index (χ0n) is 15.4. The van der Waals surface area contributed by atoms with Crippen LogP contribution >= 0.6 is 0 Å². The van der Waals surface area contributed by atoms with Crippen molar-refractivity contribution in [1.82, 2.24) is 9.88 Å². The largest absolute Gasteiger partial charge is 0.492 e. The van der Waals surface area contributed by atoms with Crippen molar-refractivity contribution in [2.45, 2.75) is 6.42 Å². The van der Waals surface area contributed by atoms with E-state index in [1.54, 1.807) is 12.1 Å². The molecule has 7 nitrogen and oxygen atoms in total. The average molecular weight is 369 g/mol. The summed E-state index contributed by atoms with van der Waals surface area (Å²) < 4.78 is 5.62. The van der Waals surface area contributed by atoms with Gasteiger partial charge in [0.25, 0.3) is 0 Å². The summed E-state index contributed by atoms with van der Waals surface area (Å²) in [5.74, 6) is -0.562. The lowest BCUT2D eigenvalue weighted by Crippen LogP contribution is -2.19. The Morgan fingerprint density at radius 3 is 2.63 bits per heavy atom. The van der Waals surface area contributed by atoms with Crippen molar-refractivity contribution in [2.24, 2.45) is 0 Å². The van der Waals surface area contributed by atoms with Gasteiger partial charge >= 0.3 is 5.97 Å². The first-order valence-electron chi connectivity index (χ1n) is 8.45. The van der Waals surface area contributed by atoms with Crippen LogP contribution in [0.2, 0.25) is 0 Å². The van der Waals surface area contributed by atoms with Crippen molar-refractivity contribution in [3.05, 3.63) is 59.9 Å². The minimum Gasteiger partial charge on any atom is -0.492 e. The van der Waals surface area contributed by atoms with Crippen molar-refractivity contribution in [3.8, 4) is 5.75 Å². The fraction of sp³-hybridized carbons (Fsp3) is 0.250. The Kier molecular flexibility index (Phi) is 7.51. The van der Waals surface area contributed by atoms with Gasteiger partial charge in [0, 0.05) is 18.8 Å². The van der Waals surface area contributed by atoms with Crippen LogP contribution < -0.4 is 10.1 Å². The molecule has 0 radical (unpaired) electrons. The molecule has 1 aromatic carbocycles. The zero-order valence-corrected chi connectivity index (χ0v) is 15.4. The first kappa shape index (κ1) is 20.1. The summed E-state index contributed by atoms with van der Waals surface area (Å²) in [6.45, 7) is 1.44. The van der Waals surface area contributed by atoms with Gasteiger partial charge in [-0.1, -0.05) is 12.1 Å². The van der Waals surface area contributed by atoms with E-state index in [1.807, 2.05) is 43.3 Å². The molecule has 1 heterocycles. The zero-order chi connectivity index (χ0) is 19.6. The second kappa shape index (κ2) is 10.1. The summed E-state index contributed by atoms with van der Waals surface area (Å²) in [6, 6.07) is 8.98. The van der Waals surface area contributed by atoms with E-state index in [0.29, 0.717) is 17.9 Å². The van der Waals surface area contributed by atoms with Gasteiger partial charge in [-0.3, -0.25) is 14.6 Å². The van der Waals surface area contributed by atoms with E-state index in [-0.39, 0.29) is 12.3 Å². The lowest BCUT2D eigenvalue weighted by molar-refractivity contribution is -0.136. The Labute approximate surface area is 158 Å². The third kappa shape index (κ3) is 7.29. The van der Waals surface area contributed by atoms with E-state index < -0.39 is 5.97 Å². The van der Waals surface area contributed by atoms with Crippen molar-refractivity contribution in [1.29, 1.82) is 0 Å². The number of aliphatic carboxylic acids is 1. The van der Waals surface area contributed by atoms with E-state index in [1.165, 1.54) is 18.5 Å². The Morgan fingerprint density at radius 2 is 1.96 bits per heavy atom. The quantitative estimate of drug-likeness (QED) is 0.659. The number of hydrogen-bond donors (Lipinski definition) is 2. The lowest BCUT2D eigenvalue weighted by Gasteiger charge is -2.10. The number of ether oxygens (including phenoxy) is 1. The SMILES string of the molecule is CN(C)CCOc1ccc(/C=C/C(=O)Nc2cnccc2CC(=O)O)cc1. The average Bonchev–Trinajstić information content (AvgIpc) is 2.62. The molecule has 0 aliphatic rings. The lowest BCUT2D eigenvalue weighted by atomic mass is 10.1. The summed E-state index contributed by atoms with van der Waals surface area (Å²) in [4.78, 5) is 28.9. The number of likely N-dealkylation sites (N-methyl/N-ethyl adjacent to an activating group) is 1. The summed E-state index contributed by atoms with van der Waals surface area (Å²) in [7, 11) is 3.97. The maximum atomic E-state index is 12.1. The van der Waals surface area contributed by atoms with E-state index >= 15 is 0 Å². The summed E-state index contributed by atoms with van der Waals surface area (Å²) in [6.07, 6.45) is 5.80. The van der Waals surface area contributed by atoms with Crippen LogP contribution in [0.4, 0.5) is 5.69 Å². The van der Waals surface area contributed by atoms with Crippen molar-refractivity contribution >= 4 is 23.6 Å². The molecule has 0 aliphatic carbocycles. The Morgan fingerprint density at radius 1 is 1.22 bits per heavy atom. The second-order valence-corrected chi connectivity index (χ2v) is 6.15. The van der Waals surface area contributed by atoms with Gasteiger partial charge in [-0.25, -0.2) is 0 Å². The number of hydrogen-bond acceptors (Lipinski definition) is 5. The van der Waals surface area contributed by atoms with Crippen LogP contribution in [-0.2, 0) is 16.0 Å². The molecule has 1 aromatic heterocycles. The topological polar surface area (TPSA) is 91.8 Å². The summed E-state index contributed by atoms with van der Waals surface area (Å²) >= 11 is 0. The minimum absolute atomic E-state index is 0.183. The number of benzene rings is 1. The molecule has 0 fully saturated rings. The molecule has 0 unspecified atom stereocenters. The molecule has 2 rings (SSSR count). The molecule has 7 heteroatoms. The summed E-state index contributed by atoms with van der Waals surface area (Å²) in [5.41, 5.74) is 1.74. The Bertz CT molecular complexity index is 801. The predicted octanol–water partition coefficient (Wildman–Crippen LogP) is 2.30. The molecular weight excluding hydrogens is 346 g/mol. The van der Waals surface area contributed by atoms with Gasteiger partial charge in [-0.2, -0.15) is 0 Å². The van der Waals surface area contributed by atoms with Crippen molar-refractivity contribution in [2.75, 3.05) is 32.6 Å². The fourth-order valence-electron chi connectivity index (χ4n) is 2.22. The number of carboxylic acid groups (broad SMARTS) is 1. The number of rotatable bonds is 9. The number of pyridine rings is 1. The predicted molar refractivity (Wildman–Crippen MR) is 104 cm³/mol. The van der Waals surface area contributed by atoms with Gasteiger partial charge in [0.05, 0.1) is 18.3 Å². The van der Waals surface area contributed by atoms with Gasteiger partial charge in [-0.05, 0) is 49.5 Å². The second-order valence-electron chi connectivity index (χ2n) is 6.15. The third-order valence-electron chi connectivity index (χ3n) is 3.63. The van der Waals surface area contributed by atoms with Crippen LogP contribution in [0, 0.1) is 0 Å². The molecule has 2 aromatic rings. The fourth-order valence-corrected chi connectivity index (χ4v) is 2.22. The first-order valence-corrected chi connectivity index (χ1v) is 8.45. The maximum Gasteiger partial charge on any atom is 0.307 e. The molecule has 0 saturated heterocycles. The van der Waals surface area contributed by atoms with Crippen LogP contribution in [0.1, 0.15) is 11.1 Å². The van der Waals surface area contributed by atoms with E-state index in [9.17, 15) is 9.59 Å². The molecule has 0 atom stereocenters. The van der Waals surface area contributed by atoms with Gasteiger partial charge in [0.2, 0.25) is 5.91 Å². The van der Waals surface area contributed by atoms with Gasteiger partial charge < -0.3 is 20.1 Å². The highest BCUT2D eigenvalue weighted by atomic mass is 16.5. The minimum atomic E-state index is -0.972. The number of carbonyl (C=O) groups excluding carboxylic acids is 1. The number of carboxylic acids is 1. The van der Waals surface area contributed by atoms with Crippen molar-refractivity contribution < 1.29 is 19.4 Å². The van der Waals surface area contributed by atoms with Gasteiger partial charge in [0.1, 0.15) is 12.4 Å². The maximum absolute atomic E-state index is 12.1. The third-order valence-corrected chi connectivity index (χ3v) is 3.63.